The number of halogens is 1. The Kier molecular flexibility index (Phi) is 12.6. The molecule has 3 heteroatoms. The number of carbonyl (C=O) groups excluding carboxylic acids is 1. The Morgan fingerprint density at radius 3 is 2.00 bits per heavy atom. The lowest BCUT2D eigenvalue weighted by Gasteiger charge is -2.14. The summed E-state index contributed by atoms with van der Waals surface area (Å²) in [6.45, 7) is 2.24. The summed E-state index contributed by atoms with van der Waals surface area (Å²) < 4.78 is -0.0656. The third kappa shape index (κ3) is 10.2. The maximum absolute atomic E-state index is 11.3. The highest BCUT2D eigenvalue weighted by molar-refractivity contribution is 14.1. The van der Waals surface area contributed by atoms with E-state index in [-0.39, 0.29) is 15.7 Å². The Morgan fingerprint density at radius 2 is 1.58 bits per heavy atom. The van der Waals surface area contributed by atoms with E-state index in [2.05, 4.69) is 35.4 Å². The lowest BCUT2D eigenvalue weighted by Crippen LogP contribution is -2.29. The molecule has 0 aromatic carbocycles. The van der Waals surface area contributed by atoms with Gasteiger partial charge in [-0.15, -0.1) is 6.42 Å². The molecule has 1 amide bonds. The van der Waals surface area contributed by atoms with Crippen LogP contribution in [0.2, 0.25) is 0 Å². The van der Waals surface area contributed by atoms with Gasteiger partial charge in [0.2, 0.25) is 5.91 Å². The highest BCUT2D eigenvalue weighted by atomic mass is 127. The van der Waals surface area contributed by atoms with Crippen LogP contribution in [-0.2, 0) is 4.79 Å². The SMILES string of the molecule is C#CC(I)C(CCCCCCCCCCC)C(N)=O. The molecule has 0 saturated heterocycles. The van der Waals surface area contributed by atoms with Crippen molar-refractivity contribution in [3.05, 3.63) is 0 Å². The summed E-state index contributed by atoms with van der Waals surface area (Å²) in [5.74, 6) is 2.20. The van der Waals surface area contributed by atoms with Crippen molar-refractivity contribution >= 4 is 28.5 Å². The zero-order valence-electron chi connectivity index (χ0n) is 12.2. The molecular formula is C16H28INO. The fraction of sp³-hybridized carbons (Fsp3) is 0.812. The molecule has 0 spiro atoms. The largest absolute Gasteiger partial charge is 0.369 e. The molecule has 0 aliphatic heterocycles. The van der Waals surface area contributed by atoms with Crippen LogP contribution < -0.4 is 5.73 Å². The van der Waals surface area contributed by atoms with Crippen LogP contribution >= 0.6 is 22.6 Å². The van der Waals surface area contributed by atoms with E-state index < -0.39 is 0 Å². The van der Waals surface area contributed by atoms with E-state index in [4.69, 9.17) is 12.2 Å². The molecule has 2 N–H and O–H groups in total. The molecule has 0 fully saturated rings. The van der Waals surface area contributed by atoms with Crippen molar-refractivity contribution < 1.29 is 4.79 Å². The van der Waals surface area contributed by atoms with E-state index >= 15 is 0 Å². The molecule has 2 atom stereocenters. The van der Waals surface area contributed by atoms with Crippen LogP contribution in [0.15, 0.2) is 0 Å². The molecule has 0 aliphatic carbocycles. The van der Waals surface area contributed by atoms with Crippen molar-refractivity contribution in [1.82, 2.24) is 0 Å². The van der Waals surface area contributed by atoms with Gasteiger partial charge in [-0.25, -0.2) is 0 Å². The van der Waals surface area contributed by atoms with Crippen LogP contribution in [0, 0.1) is 18.3 Å². The van der Waals surface area contributed by atoms with Crippen molar-refractivity contribution in [1.29, 1.82) is 0 Å². The van der Waals surface area contributed by atoms with E-state index in [9.17, 15) is 4.79 Å². The molecule has 2 nitrogen and oxygen atoms in total. The number of alkyl halides is 1. The van der Waals surface area contributed by atoms with E-state index in [0.717, 1.165) is 12.8 Å². The zero-order chi connectivity index (χ0) is 14.5. The lowest BCUT2D eigenvalue weighted by atomic mass is 9.96. The molecule has 0 saturated carbocycles. The summed E-state index contributed by atoms with van der Waals surface area (Å²) >= 11 is 2.13. The number of carbonyl (C=O) groups is 1. The van der Waals surface area contributed by atoms with Crippen LogP contribution in [0.3, 0.4) is 0 Å². The summed E-state index contributed by atoms with van der Waals surface area (Å²) in [5.41, 5.74) is 5.38. The molecule has 110 valence electrons. The maximum Gasteiger partial charge on any atom is 0.222 e. The van der Waals surface area contributed by atoms with E-state index in [1.807, 2.05) is 0 Å². The van der Waals surface area contributed by atoms with Crippen molar-refractivity contribution in [2.75, 3.05) is 0 Å². The molecule has 0 aromatic rings. The molecular weight excluding hydrogens is 349 g/mol. The van der Waals surface area contributed by atoms with Gasteiger partial charge in [0.15, 0.2) is 0 Å². The minimum atomic E-state index is -0.253. The number of amides is 1. The molecule has 0 heterocycles. The molecule has 0 aliphatic rings. The van der Waals surface area contributed by atoms with Gasteiger partial charge in [0.1, 0.15) is 0 Å². The number of unbranched alkanes of at least 4 members (excludes halogenated alkanes) is 8. The fourth-order valence-electron chi connectivity index (χ4n) is 2.22. The van der Waals surface area contributed by atoms with E-state index in [0.29, 0.717) is 0 Å². The average Bonchev–Trinajstić information content (AvgIpc) is 2.40. The van der Waals surface area contributed by atoms with Crippen molar-refractivity contribution in [2.45, 2.75) is 75.1 Å². The molecule has 0 rings (SSSR count). The second kappa shape index (κ2) is 12.8. The fourth-order valence-corrected chi connectivity index (χ4v) is 2.94. The predicted molar refractivity (Wildman–Crippen MR) is 91.2 cm³/mol. The Bertz CT molecular complexity index is 272. The monoisotopic (exact) mass is 377 g/mol. The Balaban J connectivity index is 3.51. The first-order valence-corrected chi connectivity index (χ1v) is 8.77. The van der Waals surface area contributed by atoms with Crippen LogP contribution in [0.25, 0.3) is 0 Å². The minimum absolute atomic E-state index is 0.0656. The quantitative estimate of drug-likeness (QED) is 0.232. The molecule has 0 aromatic heterocycles. The van der Waals surface area contributed by atoms with Crippen LogP contribution in [0.4, 0.5) is 0 Å². The van der Waals surface area contributed by atoms with Crippen LogP contribution in [-0.4, -0.2) is 9.83 Å². The number of rotatable bonds is 12. The first-order valence-electron chi connectivity index (χ1n) is 7.53. The number of hydrogen-bond acceptors (Lipinski definition) is 1. The van der Waals surface area contributed by atoms with Gasteiger partial charge < -0.3 is 5.73 Å². The summed E-state index contributed by atoms with van der Waals surface area (Å²) in [7, 11) is 0. The smallest absolute Gasteiger partial charge is 0.222 e. The van der Waals surface area contributed by atoms with Gasteiger partial charge in [-0.05, 0) is 6.42 Å². The zero-order valence-corrected chi connectivity index (χ0v) is 14.3. The van der Waals surface area contributed by atoms with Gasteiger partial charge >= 0.3 is 0 Å². The number of terminal acetylenes is 1. The predicted octanol–water partition coefficient (Wildman–Crippen LogP) is 4.45. The van der Waals surface area contributed by atoms with Gasteiger partial charge in [-0.3, -0.25) is 4.79 Å². The molecule has 2 unspecified atom stereocenters. The van der Waals surface area contributed by atoms with Gasteiger partial charge in [-0.2, -0.15) is 0 Å². The summed E-state index contributed by atoms with van der Waals surface area (Å²) in [6.07, 6.45) is 17.8. The van der Waals surface area contributed by atoms with Crippen molar-refractivity contribution in [2.24, 2.45) is 11.7 Å². The number of primary amides is 1. The Morgan fingerprint density at radius 1 is 1.11 bits per heavy atom. The van der Waals surface area contributed by atoms with Gasteiger partial charge in [-0.1, -0.05) is 93.2 Å². The van der Waals surface area contributed by atoms with E-state index in [1.165, 1.54) is 51.4 Å². The maximum atomic E-state index is 11.3. The molecule has 0 bridgehead atoms. The van der Waals surface area contributed by atoms with Gasteiger partial charge in [0.25, 0.3) is 0 Å². The minimum Gasteiger partial charge on any atom is -0.369 e. The first kappa shape index (κ1) is 18.8. The standard InChI is InChI=1S/C16H28INO/c1-3-5-6-7-8-9-10-11-12-13-14(16(18)19)15(17)4-2/h2,14-15H,3,5-13H2,1H3,(H2,18,19). The van der Waals surface area contributed by atoms with Crippen molar-refractivity contribution in [3.8, 4) is 12.3 Å². The Hall–Kier alpha value is -0.240. The third-order valence-electron chi connectivity index (χ3n) is 3.50. The van der Waals surface area contributed by atoms with Crippen molar-refractivity contribution in [3.63, 3.8) is 0 Å². The summed E-state index contributed by atoms with van der Waals surface area (Å²) in [6, 6.07) is 0. The van der Waals surface area contributed by atoms with Crippen LogP contribution in [0.5, 0.6) is 0 Å². The second-order valence-electron chi connectivity index (χ2n) is 5.19. The van der Waals surface area contributed by atoms with E-state index in [1.54, 1.807) is 0 Å². The Labute approximate surface area is 132 Å². The highest BCUT2D eigenvalue weighted by Crippen LogP contribution is 2.20. The second-order valence-corrected chi connectivity index (χ2v) is 6.54. The topological polar surface area (TPSA) is 43.1 Å². The highest BCUT2D eigenvalue weighted by Gasteiger charge is 2.21. The summed E-state index contributed by atoms with van der Waals surface area (Å²) in [4.78, 5) is 11.3. The van der Waals surface area contributed by atoms with Gasteiger partial charge in [0.05, 0.1) is 9.84 Å². The number of nitrogens with two attached hydrogens (primary N) is 1. The lowest BCUT2D eigenvalue weighted by molar-refractivity contribution is -0.121. The van der Waals surface area contributed by atoms with Gasteiger partial charge in [0, 0.05) is 0 Å². The third-order valence-corrected chi connectivity index (χ3v) is 4.72. The summed E-state index contributed by atoms with van der Waals surface area (Å²) in [5, 5.41) is 0. The number of hydrogen-bond donors (Lipinski definition) is 1. The normalized spacial score (nSPS) is 13.7. The average molecular weight is 377 g/mol. The molecule has 19 heavy (non-hydrogen) atoms. The first-order chi connectivity index (χ1) is 9.13. The molecule has 0 radical (unpaired) electrons. The van der Waals surface area contributed by atoms with Crippen LogP contribution in [0.1, 0.15) is 71.1 Å².